The molecule has 27 heavy (non-hydrogen) atoms. The molecule has 0 aromatic heterocycles. The molecule has 0 aliphatic rings. The third-order valence-corrected chi connectivity index (χ3v) is 4.84. The van der Waals surface area contributed by atoms with Crippen LogP contribution >= 0.6 is 0 Å². The Balaban J connectivity index is 2.29. The molecule has 4 heteroatoms. The Morgan fingerprint density at radius 2 is 1.70 bits per heavy atom. The van der Waals surface area contributed by atoms with Crippen LogP contribution in [0, 0.1) is 0 Å². The van der Waals surface area contributed by atoms with E-state index in [9.17, 15) is 4.79 Å². The van der Waals surface area contributed by atoms with E-state index in [1.165, 1.54) is 5.56 Å². The Kier molecular flexibility index (Phi) is 7.79. The molecular weight excluding hydrogens is 374 g/mol. The van der Waals surface area contributed by atoms with Gasteiger partial charge in [0.15, 0.2) is 0 Å². The number of nitrogens with zero attached hydrogens (tertiary/aromatic N) is 1. The summed E-state index contributed by atoms with van der Waals surface area (Å²) in [5, 5.41) is 0. The van der Waals surface area contributed by atoms with Crippen LogP contribution in [0.15, 0.2) is 79.1 Å². The first-order valence-corrected chi connectivity index (χ1v) is 9.38. The average molecular weight is 399 g/mol. The van der Waals surface area contributed by atoms with Gasteiger partial charge < -0.3 is 0 Å². The summed E-state index contributed by atoms with van der Waals surface area (Å²) in [5.41, 5.74) is 2.71. The van der Waals surface area contributed by atoms with E-state index in [1.54, 1.807) is 26.1 Å². The first-order chi connectivity index (χ1) is 13.0. The maximum absolute atomic E-state index is 12.5. The van der Waals surface area contributed by atoms with E-state index < -0.39 is 0 Å². The van der Waals surface area contributed by atoms with Crippen molar-refractivity contribution < 1.29 is 25.4 Å². The van der Waals surface area contributed by atoms with Gasteiger partial charge in [-0.15, -0.1) is 0 Å². The molecule has 0 fully saturated rings. The molecule has 0 saturated heterocycles. The minimum atomic E-state index is -0.0287. The SMILES string of the molecule is C=CC(C/C(=C\[C](=[Cr])c1ccccc1C(=O)N(C)C)OC)c1ccccc1. The molecule has 2 aromatic carbocycles. The van der Waals surface area contributed by atoms with Crippen molar-refractivity contribution in [3.05, 3.63) is 95.8 Å². The van der Waals surface area contributed by atoms with Crippen molar-refractivity contribution in [2.24, 2.45) is 0 Å². The topological polar surface area (TPSA) is 29.5 Å². The number of hydrogen-bond donors (Lipinski definition) is 0. The zero-order valence-electron chi connectivity index (χ0n) is 16.0. The summed E-state index contributed by atoms with van der Waals surface area (Å²) in [6.07, 6.45) is 4.59. The van der Waals surface area contributed by atoms with Gasteiger partial charge in [0.2, 0.25) is 0 Å². The minimum absolute atomic E-state index is 0.0287. The van der Waals surface area contributed by atoms with Crippen molar-refractivity contribution in [1.82, 2.24) is 4.90 Å². The Morgan fingerprint density at radius 3 is 2.26 bits per heavy atom. The number of rotatable bonds is 8. The predicted molar refractivity (Wildman–Crippen MR) is 108 cm³/mol. The second-order valence-electron chi connectivity index (χ2n) is 6.38. The van der Waals surface area contributed by atoms with Gasteiger partial charge in [0.25, 0.3) is 0 Å². The molecular formula is C23H25CrNO2. The monoisotopic (exact) mass is 399 g/mol. The van der Waals surface area contributed by atoms with Crippen molar-refractivity contribution in [3.8, 4) is 0 Å². The van der Waals surface area contributed by atoms with Crippen LogP contribution in [-0.4, -0.2) is 36.4 Å². The fourth-order valence-electron chi connectivity index (χ4n) is 2.80. The molecule has 0 spiro atoms. The van der Waals surface area contributed by atoms with E-state index >= 15 is 0 Å². The van der Waals surface area contributed by atoms with Crippen LogP contribution in [0.5, 0.6) is 0 Å². The fraction of sp³-hybridized carbons (Fsp3) is 0.217. The first-order valence-electron chi connectivity index (χ1n) is 8.75. The normalized spacial score (nSPS) is 12.2. The number of ether oxygens (including phenoxy) is 1. The summed E-state index contributed by atoms with van der Waals surface area (Å²) in [6.45, 7) is 3.97. The number of amides is 1. The van der Waals surface area contributed by atoms with Crippen molar-refractivity contribution in [1.29, 1.82) is 0 Å². The van der Waals surface area contributed by atoms with E-state index in [1.807, 2.05) is 54.6 Å². The molecule has 140 valence electrons. The summed E-state index contributed by atoms with van der Waals surface area (Å²) in [6, 6.07) is 17.8. The van der Waals surface area contributed by atoms with Gasteiger partial charge in [-0.1, -0.05) is 0 Å². The number of hydrogen-bond acceptors (Lipinski definition) is 2. The molecule has 1 amide bonds. The third kappa shape index (κ3) is 5.53. The van der Waals surface area contributed by atoms with Crippen LogP contribution in [0.4, 0.5) is 0 Å². The summed E-state index contributed by atoms with van der Waals surface area (Å²) in [5.74, 6) is 0.951. The van der Waals surface area contributed by atoms with Gasteiger partial charge in [0.05, 0.1) is 0 Å². The van der Waals surface area contributed by atoms with Gasteiger partial charge >= 0.3 is 170 Å². The Labute approximate surface area is 169 Å². The van der Waals surface area contributed by atoms with Gasteiger partial charge in [-0.3, -0.25) is 0 Å². The van der Waals surface area contributed by atoms with Crippen LogP contribution < -0.4 is 0 Å². The van der Waals surface area contributed by atoms with Gasteiger partial charge in [-0.2, -0.15) is 0 Å². The van der Waals surface area contributed by atoms with Gasteiger partial charge in [-0.25, -0.2) is 0 Å². The molecule has 0 N–H and O–H groups in total. The van der Waals surface area contributed by atoms with Crippen LogP contribution in [-0.2, 0) is 20.6 Å². The summed E-state index contributed by atoms with van der Waals surface area (Å²) in [4.78, 5) is 14.0. The standard InChI is InChI=1S/C23H25NO2.Cr/c1-5-18(19-11-7-6-8-12-19)17-21(26-4)16-15-20-13-9-10-14-22(20)23(25)24(2)3;/h5-14,16,18H,1,17H2,2-4H3;/b21-16+;. The fourth-order valence-corrected chi connectivity index (χ4v) is 3.29. The number of benzene rings is 2. The summed E-state index contributed by atoms with van der Waals surface area (Å²) in [7, 11) is 5.17. The number of carbonyl (C=O) groups excluding carboxylic acids is 1. The molecule has 2 rings (SSSR count). The molecule has 0 aliphatic carbocycles. The van der Waals surface area contributed by atoms with Crippen molar-refractivity contribution in [2.45, 2.75) is 12.3 Å². The maximum atomic E-state index is 12.5. The van der Waals surface area contributed by atoms with Gasteiger partial charge in [0.1, 0.15) is 0 Å². The van der Waals surface area contributed by atoms with Crippen molar-refractivity contribution >= 4 is 10.3 Å². The van der Waals surface area contributed by atoms with Crippen LogP contribution in [0.3, 0.4) is 0 Å². The molecule has 0 aliphatic heterocycles. The van der Waals surface area contributed by atoms with Crippen LogP contribution in [0.2, 0.25) is 0 Å². The summed E-state index contributed by atoms with van der Waals surface area (Å²) >= 11 is 3.09. The number of carbonyl (C=O) groups is 1. The summed E-state index contributed by atoms with van der Waals surface area (Å²) < 4.78 is 6.49. The zero-order chi connectivity index (χ0) is 19.8. The third-order valence-electron chi connectivity index (χ3n) is 4.32. The van der Waals surface area contributed by atoms with E-state index in [0.717, 1.165) is 15.7 Å². The van der Waals surface area contributed by atoms with E-state index in [0.29, 0.717) is 12.0 Å². The molecule has 0 heterocycles. The van der Waals surface area contributed by atoms with Crippen LogP contribution in [0.1, 0.15) is 33.8 Å². The first kappa shape index (κ1) is 20.9. The van der Waals surface area contributed by atoms with E-state index in [4.69, 9.17) is 4.74 Å². The van der Waals surface area contributed by atoms with Crippen molar-refractivity contribution in [2.75, 3.05) is 21.2 Å². The zero-order valence-corrected chi connectivity index (χ0v) is 17.3. The quantitative estimate of drug-likeness (QED) is 0.488. The van der Waals surface area contributed by atoms with E-state index in [-0.39, 0.29) is 11.8 Å². The number of methoxy groups -OCH3 is 1. The van der Waals surface area contributed by atoms with Gasteiger partial charge in [0, 0.05) is 0 Å². The molecule has 3 nitrogen and oxygen atoms in total. The molecule has 2 aromatic rings. The Hall–Kier alpha value is -2.41. The Bertz CT molecular complexity index is 840. The second-order valence-corrected chi connectivity index (χ2v) is 7.07. The predicted octanol–water partition coefficient (Wildman–Crippen LogP) is 4.35. The van der Waals surface area contributed by atoms with E-state index in [2.05, 4.69) is 34.6 Å². The molecule has 0 radical (unpaired) electrons. The Morgan fingerprint density at radius 1 is 1.11 bits per heavy atom. The molecule has 0 saturated carbocycles. The number of allylic oxidation sites excluding steroid dienone is 3. The molecule has 0 bridgehead atoms. The van der Waals surface area contributed by atoms with Gasteiger partial charge in [-0.05, 0) is 0 Å². The molecule has 1 atom stereocenters. The molecule has 1 unspecified atom stereocenters. The average Bonchev–Trinajstić information content (AvgIpc) is 2.70. The second kappa shape index (κ2) is 10.1. The van der Waals surface area contributed by atoms with Crippen LogP contribution in [0.25, 0.3) is 0 Å². The van der Waals surface area contributed by atoms with Crippen molar-refractivity contribution in [3.63, 3.8) is 0 Å².